The molecule has 0 nitrogen and oxygen atoms in total. The van der Waals surface area contributed by atoms with E-state index in [1.807, 2.05) is 0 Å². The number of halogens is 2. The first-order valence-corrected chi connectivity index (χ1v) is 17.0. The molecule has 0 aliphatic heterocycles. The molecule has 2 rings (SSSR count). The van der Waals surface area contributed by atoms with Crippen molar-refractivity contribution in [1.29, 1.82) is 0 Å². The van der Waals surface area contributed by atoms with Gasteiger partial charge in [0.1, 0.15) is 0 Å². The third-order valence-electron chi connectivity index (χ3n) is 6.10. The van der Waals surface area contributed by atoms with Crippen molar-refractivity contribution in [2.45, 2.75) is 101 Å². The molecule has 1 unspecified atom stereocenters. The maximum atomic E-state index is 4.93. The zero-order chi connectivity index (χ0) is 21.9. The van der Waals surface area contributed by atoms with E-state index < -0.39 is 20.8 Å². The van der Waals surface area contributed by atoms with Gasteiger partial charge in [0.05, 0.1) is 0 Å². The molecule has 28 heavy (non-hydrogen) atoms. The summed E-state index contributed by atoms with van der Waals surface area (Å²) in [5.74, 6) is 0.636. The van der Waals surface area contributed by atoms with Gasteiger partial charge in [-0.2, -0.15) is 22.3 Å². The van der Waals surface area contributed by atoms with Gasteiger partial charge < -0.3 is 0 Å². The molecule has 3 heteroatoms. The van der Waals surface area contributed by atoms with Gasteiger partial charge >= 0.3 is 37.9 Å². The summed E-state index contributed by atoms with van der Waals surface area (Å²) in [6.45, 7) is 20.0. The Morgan fingerprint density at radius 1 is 0.929 bits per heavy atom. The number of rotatable bonds is 6. The van der Waals surface area contributed by atoms with Gasteiger partial charge in [0.15, 0.2) is 0 Å². The van der Waals surface area contributed by atoms with Crippen LogP contribution in [0.5, 0.6) is 0 Å². The summed E-state index contributed by atoms with van der Waals surface area (Å²) >= 11 is -0.826. The number of hydrogen-bond acceptors (Lipinski definition) is 0. The van der Waals surface area contributed by atoms with Gasteiger partial charge in [0.2, 0.25) is 0 Å². The van der Waals surface area contributed by atoms with Crippen molar-refractivity contribution >= 4 is 17.0 Å². The minimum atomic E-state index is -0.826. The van der Waals surface area contributed by atoms with Gasteiger partial charge in [-0.05, 0) is 0 Å². The molecule has 0 radical (unpaired) electrons. The van der Waals surface area contributed by atoms with Crippen LogP contribution in [0.3, 0.4) is 0 Å². The topological polar surface area (TPSA) is 0 Å². The second kappa shape index (κ2) is 14.4. The van der Waals surface area contributed by atoms with Crippen LogP contribution in [0.1, 0.15) is 101 Å². The molecule has 158 valence electrons. The summed E-state index contributed by atoms with van der Waals surface area (Å²) < 4.78 is 0. The van der Waals surface area contributed by atoms with Crippen molar-refractivity contribution in [2.24, 2.45) is 11.3 Å². The third-order valence-corrected chi connectivity index (χ3v) is 6.10. The monoisotopic (exact) mass is 500 g/mol. The van der Waals surface area contributed by atoms with Gasteiger partial charge in [-0.3, -0.25) is 12.2 Å². The van der Waals surface area contributed by atoms with E-state index in [0.717, 1.165) is 0 Å². The molecule has 2 aliphatic carbocycles. The molecule has 0 heterocycles. The Bertz CT molecular complexity index is 606. The molecule has 0 aromatic carbocycles. The van der Waals surface area contributed by atoms with E-state index in [0.29, 0.717) is 5.92 Å². The van der Waals surface area contributed by atoms with Crippen molar-refractivity contribution in [3.63, 3.8) is 0 Å². The predicted octanol–water partition coefficient (Wildman–Crippen LogP) is 9.55. The van der Waals surface area contributed by atoms with Gasteiger partial charge in [-0.15, -0.1) is 13.8 Å². The third kappa shape index (κ3) is 9.06. The zero-order valence-corrected chi connectivity index (χ0v) is 23.5. The van der Waals surface area contributed by atoms with E-state index in [1.54, 1.807) is 5.57 Å². The van der Waals surface area contributed by atoms with Crippen molar-refractivity contribution in [2.75, 3.05) is 0 Å². The van der Waals surface area contributed by atoms with Crippen LogP contribution in [0.25, 0.3) is 0 Å². The summed E-state index contributed by atoms with van der Waals surface area (Å²) in [7, 11) is 9.87. The Kier molecular flexibility index (Phi) is 14.7. The Labute approximate surface area is 194 Å². The van der Waals surface area contributed by atoms with E-state index in [4.69, 9.17) is 17.0 Å². The van der Waals surface area contributed by atoms with Gasteiger partial charge in [-0.1, -0.05) is 98.3 Å². The molecule has 0 fully saturated rings. The molecule has 0 amide bonds. The van der Waals surface area contributed by atoms with Crippen LogP contribution in [0.4, 0.5) is 0 Å². The average Bonchev–Trinajstić information content (AvgIpc) is 3.00. The quantitative estimate of drug-likeness (QED) is 0.317. The first kappa shape index (κ1) is 28.4. The molecule has 0 N–H and O–H groups in total. The maximum absolute atomic E-state index is 4.93. The molecule has 0 aromatic rings. The van der Waals surface area contributed by atoms with E-state index in [9.17, 15) is 0 Å². The molecule has 0 saturated carbocycles. The van der Waals surface area contributed by atoms with Crippen molar-refractivity contribution in [3.05, 3.63) is 45.6 Å². The van der Waals surface area contributed by atoms with Crippen LogP contribution < -0.4 is 0 Å². The molecule has 0 bridgehead atoms. The summed E-state index contributed by atoms with van der Waals surface area (Å²) in [5.41, 5.74) is 9.01. The normalized spacial score (nSPS) is 20.0. The van der Waals surface area contributed by atoms with Crippen molar-refractivity contribution < 1.29 is 20.8 Å². The molecular weight excluding hydrogens is 462 g/mol. The van der Waals surface area contributed by atoms with Crippen molar-refractivity contribution in [3.8, 4) is 0 Å². The first-order valence-electron chi connectivity index (χ1n) is 10.6. The Morgan fingerprint density at radius 3 is 1.82 bits per heavy atom. The molecule has 0 saturated heterocycles. The van der Waals surface area contributed by atoms with Crippen LogP contribution in [0.15, 0.2) is 33.4 Å². The second-order valence-electron chi connectivity index (χ2n) is 8.43. The molecule has 0 aromatic heterocycles. The van der Waals surface area contributed by atoms with E-state index >= 15 is 0 Å². The number of allylic oxidation sites excluding steroid dienone is 8. The SMILES string of the molecule is CC1=[C-]C(C)(C)C(C)=C1C.CCCCC1=[C-]C(CCCC)C(C)=C1C.[Cl][Zr+2][Cl]. The Balaban J connectivity index is 0.000000483. The van der Waals surface area contributed by atoms with Crippen LogP contribution in [0, 0.1) is 23.5 Å². The minimum absolute atomic E-state index is 0.189. The molecular formula is C25H40Cl2Zr. The Morgan fingerprint density at radius 2 is 1.46 bits per heavy atom. The van der Waals surface area contributed by atoms with Gasteiger partial charge in [-0.25, -0.2) is 11.1 Å². The first-order chi connectivity index (χ1) is 13.1. The summed E-state index contributed by atoms with van der Waals surface area (Å²) in [5, 5.41) is 0. The zero-order valence-electron chi connectivity index (χ0n) is 19.6. The van der Waals surface area contributed by atoms with Crippen LogP contribution in [0.2, 0.25) is 0 Å². The summed E-state index contributed by atoms with van der Waals surface area (Å²) in [6, 6.07) is 0. The summed E-state index contributed by atoms with van der Waals surface area (Å²) in [6.07, 6.45) is 14.9. The fraction of sp³-hybridized carbons (Fsp3) is 0.680. The average molecular weight is 503 g/mol. The molecule has 1 atom stereocenters. The Hall–Kier alpha value is 0.423. The van der Waals surface area contributed by atoms with Gasteiger partial charge in [0.25, 0.3) is 0 Å². The van der Waals surface area contributed by atoms with Crippen molar-refractivity contribution in [1.82, 2.24) is 0 Å². The van der Waals surface area contributed by atoms with Crippen LogP contribution in [-0.4, -0.2) is 0 Å². The van der Waals surface area contributed by atoms with E-state index in [-0.39, 0.29) is 5.41 Å². The second-order valence-corrected chi connectivity index (χ2v) is 12.2. The summed E-state index contributed by atoms with van der Waals surface area (Å²) in [4.78, 5) is 0. The fourth-order valence-electron chi connectivity index (χ4n) is 3.64. The van der Waals surface area contributed by atoms with Crippen LogP contribution >= 0.6 is 17.0 Å². The molecule has 2 aliphatic rings. The van der Waals surface area contributed by atoms with E-state index in [2.05, 4.69) is 74.5 Å². The molecule has 0 spiro atoms. The van der Waals surface area contributed by atoms with Gasteiger partial charge in [0, 0.05) is 0 Å². The number of unbranched alkanes of at least 4 members (excludes halogenated alkanes) is 2. The standard InChI is InChI=1S/C15H25.C10H15.2ClH.Zr/c1-5-7-9-14-11-15(10-8-6-2)13(4)12(14)3;1-7-6-10(4,5)9(3)8(7)2;;;/h14H,5-10H2,1-4H3;1-5H3;2*1H;/q2*-1;;;+4/p-2. The number of hydrogen-bond donors (Lipinski definition) is 0. The van der Waals surface area contributed by atoms with Crippen LogP contribution in [-0.2, 0) is 20.8 Å². The van der Waals surface area contributed by atoms with E-state index in [1.165, 1.54) is 66.4 Å². The predicted molar refractivity (Wildman–Crippen MR) is 124 cm³/mol. The fourth-order valence-corrected chi connectivity index (χ4v) is 3.64.